The quantitative estimate of drug-likeness (QED) is 0.152. The predicted molar refractivity (Wildman–Crippen MR) is 137 cm³/mol. The maximum atomic E-state index is 10.4. The van der Waals surface area contributed by atoms with E-state index >= 15 is 0 Å². The van der Waals surface area contributed by atoms with Gasteiger partial charge >= 0.3 is 0 Å². The largest absolute Gasteiger partial charge is 0.508 e. The monoisotopic (exact) mass is 456 g/mol. The van der Waals surface area contributed by atoms with Crippen LogP contribution in [0.4, 0.5) is 0 Å². The molecule has 0 atom stereocenters. The fourth-order valence-corrected chi connectivity index (χ4v) is 4.16. The van der Waals surface area contributed by atoms with Crippen molar-refractivity contribution in [3.05, 3.63) is 53.1 Å². The lowest BCUT2D eigenvalue weighted by atomic mass is 9.96. The number of benzene rings is 2. The molecule has 0 saturated heterocycles. The third kappa shape index (κ3) is 11.0. The van der Waals surface area contributed by atoms with E-state index in [0.717, 1.165) is 49.3 Å². The van der Waals surface area contributed by atoms with Crippen LogP contribution in [-0.4, -0.2) is 41.5 Å². The number of aromatic hydroxyl groups is 3. The molecule has 0 radical (unpaired) electrons. The van der Waals surface area contributed by atoms with Crippen LogP contribution in [0.15, 0.2) is 36.4 Å². The van der Waals surface area contributed by atoms with Gasteiger partial charge in [0.1, 0.15) is 5.75 Å². The minimum absolute atomic E-state index is 0.0216. The van der Waals surface area contributed by atoms with Gasteiger partial charge in [0, 0.05) is 5.56 Å². The lowest BCUT2D eigenvalue weighted by molar-refractivity contribution is 0.398. The Morgan fingerprint density at radius 1 is 0.667 bits per heavy atom. The summed E-state index contributed by atoms with van der Waals surface area (Å²) >= 11 is 0. The summed E-state index contributed by atoms with van der Waals surface area (Å²) in [5.74, 6) is 0.149. The van der Waals surface area contributed by atoms with Gasteiger partial charge in [0.25, 0.3) is 0 Å². The second-order valence-electron chi connectivity index (χ2n) is 8.97. The third-order valence-corrected chi connectivity index (χ3v) is 6.17. The van der Waals surface area contributed by atoms with E-state index in [-0.39, 0.29) is 17.2 Å². The van der Waals surface area contributed by atoms with Crippen LogP contribution < -0.4 is 10.6 Å². The average Bonchev–Trinajstić information content (AvgIpc) is 2.81. The zero-order valence-corrected chi connectivity index (χ0v) is 20.4. The molecule has 5 nitrogen and oxygen atoms in total. The molecule has 2 rings (SSSR count). The van der Waals surface area contributed by atoms with E-state index in [4.69, 9.17) is 0 Å². The highest BCUT2D eigenvalue weighted by atomic mass is 16.3. The van der Waals surface area contributed by atoms with Gasteiger partial charge < -0.3 is 26.0 Å². The Labute approximate surface area is 200 Å². The standard InChI is InChI=1S/C28H44N2O3/c1-2-3-4-7-18-29-19-8-5-6-9-20-30-21-17-24-14-16-27(32)28(33)26(24)15-13-23-11-10-12-25(31)22-23/h10-12,14,16,22,29-33H,2-9,13,15,17-21H2,1H3. The van der Waals surface area contributed by atoms with Gasteiger partial charge in [-0.1, -0.05) is 57.2 Å². The van der Waals surface area contributed by atoms with Crippen molar-refractivity contribution in [1.82, 2.24) is 10.6 Å². The van der Waals surface area contributed by atoms with E-state index in [0.29, 0.717) is 12.8 Å². The van der Waals surface area contributed by atoms with Gasteiger partial charge in [-0.3, -0.25) is 0 Å². The van der Waals surface area contributed by atoms with E-state index in [1.54, 1.807) is 18.2 Å². The number of unbranched alkanes of at least 4 members (excludes halogenated alkanes) is 6. The van der Waals surface area contributed by atoms with E-state index in [9.17, 15) is 15.3 Å². The Bertz CT molecular complexity index is 795. The number of hydrogen-bond donors (Lipinski definition) is 5. The first-order chi connectivity index (χ1) is 16.1. The number of phenolic OH excluding ortho intramolecular Hbond substituents is 3. The van der Waals surface area contributed by atoms with Gasteiger partial charge in [0.2, 0.25) is 0 Å². The molecule has 0 fully saturated rings. The number of nitrogens with one attached hydrogen (secondary N) is 2. The van der Waals surface area contributed by atoms with Crippen molar-refractivity contribution in [2.24, 2.45) is 0 Å². The predicted octanol–water partition coefficient (Wildman–Crippen LogP) is 5.45. The summed E-state index contributed by atoms with van der Waals surface area (Å²) in [6.45, 7) is 6.40. The summed E-state index contributed by atoms with van der Waals surface area (Å²) in [5, 5.41) is 37.1. The van der Waals surface area contributed by atoms with Gasteiger partial charge in [0.05, 0.1) is 0 Å². The van der Waals surface area contributed by atoms with E-state index in [1.165, 1.54) is 51.4 Å². The summed E-state index contributed by atoms with van der Waals surface area (Å²) in [7, 11) is 0. The van der Waals surface area contributed by atoms with Crippen molar-refractivity contribution >= 4 is 0 Å². The van der Waals surface area contributed by atoms with Crippen molar-refractivity contribution in [3.8, 4) is 17.2 Å². The SMILES string of the molecule is CCCCCCNCCCCCCNCCc1ccc(O)c(O)c1CCc1cccc(O)c1. The number of rotatable bonds is 18. The van der Waals surface area contributed by atoms with Crippen molar-refractivity contribution in [1.29, 1.82) is 0 Å². The highest BCUT2D eigenvalue weighted by Crippen LogP contribution is 2.32. The van der Waals surface area contributed by atoms with Crippen LogP contribution in [0, 0.1) is 0 Å². The van der Waals surface area contributed by atoms with Crippen LogP contribution in [0.2, 0.25) is 0 Å². The van der Waals surface area contributed by atoms with Gasteiger partial charge in [-0.2, -0.15) is 0 Å². The minimum atomic E-state index is -0.0759. The zero-order valence-electron chi connectivity index (χ0n) is 20.4. The highest BCUT2D eigenvalue weighted by Gasteiger charge is 2.12. The van der Waals surface area contributed by atoms with Crippen LogP contribution in [0.3, 0.4) is 0 Å². The van der Waals surface area contributed by atoms with Gasteiger partial charge in [0.15, 0.2) is 11.5 Å². The van der Waals surface area contributed by atoms with Gasteiger partial charge in [-0.25, -0.2) is 0 Å². The molecule has 0 bridgehead atoms. The molecule has 0 spiro atoms. The lowest BCUT2D eigenvalue weighted by Gasteiger charge is -2.14. The molecule has 0 saturated carbocycles. The zero-order chi connectivity index (χ0) is 23.7. The summed E-state index contributed by atoms with van der Waals surface area (Å²) in [6.07, 6.45) is 12.4. The number of hydrogen-bond acceptors (Lipinski definition) is 5. The van der Waals surface area contributed by atoms with Crippen LogP contribution >= 0.6 is 0 Å². The number of aryl methyl sites for hydroxylation is 1. The normalized spacial score (nSPS) is 11.2. The molecule has 33 heavy (non-hydrogen) atoms. The molecule has 0 aliphatic carbocycles. The van der Waals surface area contributed by atoms with E-state index in [2.05, 4.69) is 17.6 Å². The fraction of sp³-hybridized carbons (Fsp3) is 0.571. The van der Waals surface area contributed by atoms with Gasteiger partial charge in [-0.05, 0) is 94.0 Å². The van der Waals surface area contributed by atoms with Crippen molar-refractivity contribution in [2.75, 3.05) is 26.2 Å². The second-order valence-corrected chi connectivity index (χ2v) is 8.97. The summed E-state index contributed by atoms with van der Waals surface area (Å²) in [4.78, 5) is 0. The highest BCUT2D eigenvalue weighted by molar-refractivity contribution is 5.49. The summed E-state index contributed by atoms with van der Waals surface area (Å²) in [5.41, 5.74) is 2.86. The Morgan fingerprint density at radius 2 is 1.33 bits per heavy atom. The topological polar surface area (TPSA) is 84.8 Å². The molecular formula is C28H44N2O3. The molecule has 0 amide bonds. The second kappa shape index (κ2) is 16.4. The molecular weight excluding hydrogens is 412 g/mol. The van der Waals surface area contributed by atoms with Crippen molar-refractivity contribution in [2.45, 2.75) is 77.6 Å². The third-order valence-electron chi connectivity index (χ3n) is 6.17. The summed E-state index contributed by atoms with van der Waals surface area (Å²) in [6, 6.07) is 10.7. The van der Waals surface area contributed by atoms with Crippen molar-refractivity contribution < 1.29 is 15.3 Å². The fourth-order valence-electron chi connectivity index (χ4n) is 4.16. The van der Waals surface area contributed by atoms with Crippen LogP contribution in [0.1, 0.15) is 75.0 Å². The minimum Gasteiger partial charge on any atom is -0.508 e. The maximum absolute atomic E-state index is 10.4. The Balaban J connectivity index is 1.61. The molecule has 0 aliphatic heterocycles. The lowest BCUT2D eigenvalue weighted by Crippen LogP contribution is -2.19. The van der Waals surface area contributed by atoms with Crippen LogP contribution in [0.5, 0.6) is 17.2 Å². The first kappa shape index (κ1) is 27.0. The Hall–Kier alpha value is -2.24. The molecule has 0 aromatic heterocycles. The number of phenols is 3. The smallest absolute Gasteiger partial charge is 0.160 e. The first-order valence-corrected chi connectivity index (χ1v) is 12.8. The average molecular weight is 457 g/mol. The summed E-state index contributed by atoms with van der Waals surface area (Å²) < 4.78 is 0. The molecule has 0 heterocycles. The molecule has 2 aromatic carbocycles. The molecule has 0 unspecified atom stereocenters. The maximum Gasteiger partial charge on any atom is 0.160 e. The molecule has 0 aliphatic rings. The molecule has 5 heteroatoms. The Morgan fingerprint density at radius 3 is 2.00 bits per heavy atom. The van der Waals surface area contributed by atoms with Crippen LogP contribution in [0.25, 0.3) is 0 Å². The van der Waals surface area contributed by atoms with Crippen LogP contribution in [-0.2, 0) is 19.3 Å². The van der Waals surface area contributed by atoms with Gasteiger partial charge in [-0.15, -0.1) is 0 Å². The van der Waals surface area contributed by atoms with E-state index < -0.39 is 0 Å². The molecule has 2 aromatic rings. The first-order valence-electron chi connectivity index (χ1n) is 12.8. The van der Waals surface area contributed by atoms with Crippen molar-refractivity contribution in [3.63, 3.8) is 0 Å². The Kier molecular flexibility index (Phi) is 13.4. The molecule has 5 N–H and O–H groups in total. The van der Waals surface area contributed by atoms with E-state index in [1.807, 2.05) is 18.2 Å². The molecule has 184 valence electrons.